The summed E-state index contributed by atoms with van der Waals surface area (Å²) in [6.07, 6.45) is 2.43. The highest BCUT2D eigenvalue weighted by atomic mass is 15.2. The van der Waals surface area contributed by atoms with Crippen molar-refractivity contribution < 1.29 is 0 Å². The molecule has 0 spiro atoms. The smallest absolute Gasteiger partial charge is 0.0423 e. The van der Waals surface area contributed by atoms with Crippen molar-refractivity contribution in [1.29, 1.82) is 0 Å². The minimum absolute atomic E-state index is 0.183. The Morgan fingerprint density at radius 2 is 2.00 bits per heavy atom. The van der Waals surface area contributed by atoms with Gasteiger partial charge in [-0.05, 0) is 51.3 Å². The number of aryl methyl sites for hydroxylation is 1. The number of nitrogens with two attached hydrogens (primary N) is 1. The average Bonchev–Trinajstić information content (AvgIpc) is 2.15. The van der Waals surface area contributed by atoms with Gasteiger partial charge in [0.15, 0.2) is 0 Å². The number of rotatable bonds is 0. The molecule has 2 rings (SSSR count). The van der Waals surface area contributed by atoms with Crippen molar-refractivity contribution >= 4 is 11.4 Å². The van der Waals surface area contributed by atoms with Crippen LogP contribution >= 0.6 is 0 Å². The molecule has 0 saturated carbocycles. The Morgan fingerprint density at radius 1 is 1.27 bits per heavy atom. The van der Waals surface area contributed by atoms with Gasteiger partial charge in [0.25, 0.3) is 0 Å². The van der Waals surface area contributed by atoms with Crippen LogP contribution < -0.4 is 10.6 Å². The molecule has 0 atom stereocenters. The van der Waals surface area contributed by atoms with Gasteiger partial charge in [-0.1, -0.05) is 6.07 Å². The molecule has 0 amide bonds. The second kappa shape index (κ2) is 3.44. The van der Waals surface area contributed by atoms with Gasteiger partial charge in [-0.15, -0.1) is 0 Å². The van der Waals surface area contributed by atoms with Crippen LogP contribution in [0.4, 0.5) is 11.4 Å². The summed E-state index contributed by atoms with van der Waals surface area (Å²) in [6.45, 7) is 7.90. The lowest BCUT2D eigenvalue weighted by atomic mass is 9.95. The van der Waals surface area contributed by atoms with Gasteiger partial charge in [-0.2, -0.15) is 0 Å². The lowest BCUT2D eigenvalue weighted by Gasteiger charge is -2.41. The van der Waals surface area contributed by atoms with E-state index in [1.54, 1.807) is 0 Å². The van der Waals surface area contributed by atoms with E-state index in [-0.39, 0.29) is 5.54 Å². The first-order chi connectivity index (χ1) is 6.98. The van der Waals surface area contributed by atoms with E-state index in [9.17, 15) is 0 Å². The predicted octanol–water partition coefficient (Wildman–Crippen LogP) is 2.82. The fourth-order valence-electron chi connectivity index (χ4n) is 2.29. The molecule has 2 heteroatoms. The van der Waals surface area contributed by atoms with E-state index in [2.05, 4.69) is 37.8 Å². The molecular formula is C13H20N2. The lowest BCUT2D eigenvalue weighted by molar-refractivity contribution is 0.483. The molecule has 2 N–H and O–H groups in total. The Balaban J connectivity index is 2.45. The van der Waals surface area contributed by atoms with Crippen molar-refractivity contribution in [1.82, 2.24) is 0 Å². The van der Waals surface area contributed by atoms with Crippen LogP contribution in [0.5, 0.6) is 0 Å². The van der Waals surface area contributed by atoms with Gasteiger partial charge in [-0.25, -0.2) is 0 Å². The number of benzene rings is 1. The predicted molar refractivity (Wildman–Crippen MR) is 66.3 cm³/mol. The lowest BCUT2D eigenvalue weighted by Crippen LogP contribution is -2.44. The summed E-state index contributed by atoms with van der Waals surface area (Å²) in [5, 5.41) is 0. The average molecular weight is 204 g/mol. The van der Waals surface area contributed by atoms with E-state index in [0.29, 0.717) is 0 Å². The Morgan fingerprint density at radius 3 is 2.67 bits per heavy atom. The first-order valence-corrected chi connectivity index (χ1v) is 5.64. The number of anilines is 2. The molecule has 1 aromatic carbocycles. The Hall–Kier alpha value is -1.18. The third-order valence-electron chi connectivity index (χ3n) is 3.04. The highest BCUT2D eigenvalue weighted by molar-refractivity contribution is 5.63. The molecule has 0 saturated heterocycles. The monoisotopic (exact) mass is 204 g/mol. The van der Waals surface area contributed by atoms with Crippen LogP contribution in [-0.4, -0.2) is 12.1 Å². The van der Waals surface area contributed by atoms with E-state index in [0.717, 1.165) is 12.2 Å². The van der Waals surface area contributed by atoms with Crippen LogP contribution in [-0.2, 0) is 6.42 Å². The number of hydrogen-bond donors (Lipinski definition) is 1. The molecular weight excluding hydrogens is 184 g/mol. The maximum atomic E-state index is 5.86. The van der Waals surface area contributed by atoms with Gasteiger partial charge < -0.3 is 10.6 Å². The highest BCUT2D eigenvalue weighted by Crippen LogP contribution is 2.33. The first kappa shape index (κ1) is 10.3. The maximum absolute atomic E-state index is 5.86. The zero-order valence-corrected chi connectivity index (χ0v) is 9.88. The Kier molecular flexibility index (Phi) is 2.37. The SMILES string of the molecule is CC(C)(C)N1CCCc2ccc(N)cc21. The third kappa shape index (κ3) is 1.94. The van der Waals surface area contributed by atoms with Crippen molar-refractivity contribution in [3.05, 3.63) is 23.8 Å². The van der Waals surface area contributed by atoms with E-state index in [1.165, 1.54) is 24.1 Å². The number of nitrogens with zero attached hydrogens (tertiary/aromatic N) is 1. The molecule has 2 nitrogen and oxygen atoms in total. The van der Waals surface area contributed by atoms with Crippen molar-refractivity contribution in [3.8, 4) is 0 Å². The summed E-state index contributed by atoms with van der Waals surface area (Å²) in [5.74, 6) is 0. The Labute approximate surface area is 92.1 Å². The second-order valence-corrected chi connectivity index (χ2v) is 5.31. The number of fused-ring (bicyclic) bond motifs is 1. The highest BCUT2D eigenvalue weighted by Gasteiger charge is 2.26. The van der Waals surface area contributed by atoms with Crippen LogP contribution in [0.25, 0.3) is 0 Å². The maximum Gasteiger partial charge on any atom is 0.0423 e. The van der Waals surface area contributed by atoms with E-state index in [4.69, 9.17) is 5.73 Å². The van der Waals surface area contributed by atoms with E-state index < -0.39 is 0 Å². The van der Waals surface area contributed by atoms with E-state index >= 15 is 0 Å². The zero-order valence-electron chi connectivity index (χ0n) is 9.88. The normalized spacial score (nSPS) is 16.3. The number of hydrogen-bond acceptors (Lipinski definition) is 2. The quantitative estimate of drug-likeness (QED) is 0.658. The minimum atomic E-state index is 0.183. The molecule has 0 unspecified atom stereocenters. The molecule has 0 aliphatic carbocycles. The summed E-state index contributed by atoms with van der Waals surface area (Å²) in [6, 6.07) is 6.29. The molecule has 0 radical (unpaired) electrons. The summed E-state index contributed by atoms with van der Waals surface area (Å²) in [5.41, 5.74) is 9.67. The molecule has 1 aliphatic rings. The Bertz CT molecular complexity index is 363. The van der Waals surface area contributed by atoms with Crippen LogP contribution in [0, 0.1) is 0 Å². The fraction of sp³-hybridized carbons (Fsp3) is 0.538. The molecule has 15 heavy (non-hydrogen) atoms. The van der Waals surface area contributed by atoms with Crippen LogP contribution in [0.2, 0.25) is 0 Å². The van der Waals surface area contributed by atoms with Gasteiger partial charge in [0.05, 0.1) is 0 Å². The summed E-state index contributed by atoms with van der Waals surface area (Å²) < 4.78 is 0. The van der Waals surface area contributed by atoms with Crippen molar-refractivity contribution in [2.24, 2.45) is 0 Å². The minimum Gasteiger partial charge on any atom is -0.399 e. The molecule has 1 heterocycles. The zero-order chi connectivity index (χ0) is 11.1. The van der Waals surface area contributed by atoms with Crippen molar-refractivity contribution in [3.63, 3.8) is 0 Å². The molecule has 1 aliphatic heterocycles. The molecule has 0 bridgehead atoms. The van der Waals surface area contributed by atoms with Crippen LogP contribution in [0.15, 0.2) is 18.2 Å². The molecule has 1 aromatic rings. The standard InChI is InChI=1S/C13H20N2/c1-13(2,3)15-8-4-5-10-6-7-11(14)9-12(10)15/h6-7,9H,4-5,8,14H2,1-3H3. The molecule has 82 valence electrons. The summed E-state index contributed by atoms with van der Waals surface area (Å²) in [4.78, 5) is 2.46. The first-order valence-electron chi connectivity index (χ1n) is 5.64. The van der Waals surface area contributed by atoms with E-state index in [1.807, 2.05) is 6.07 Å². The topological polar surface area (TPSA) is 29.3 Å². The van der Waals surface area contributed by atoms with Gasteiger partial charge in [0.1, 0.15) is 0 Å². The second-order valence-electron chi connectivity index (χ2n) is 5.31. The fourth-order valence-corrected chi connectivity index (χ4v) is 2.29. The van der Waals surface area contributed by atoms with Crippen LogP contribution in [0.3, 0.4) is 0 Å². The molecule has 0 aromatic heterocycles. The van der Waals surface area contributed by atoms with Crippen LogP contribution in [0.1, 0.15) is 32.8 Å². The third-order valence-corrected chi connectivity index (χ3v) is 3.04. The summed E-state index contributed by atoms with van der Waals surface area (Å²) >= 11 is 0. The van der Waals surface area contributed by atoms with Gasteiger partial charge in [-0.3, -0.25) is 0 Å². The number of nitrogen functional groups attached to an aromatic ring is 1. The van der Waals surface area contributed by atoms with Crippen molar-refractivity contribution in [2.45, 2.75) is 39.2 Å². The van der Waals surface area contributed by atoms with Gasteiger partial charge >= 0.3 is 0 Å². The van der Waals surface area contributed by atoms with Crippen molar-refractivity contribution in [2.75, 3.05) is 17.2 Å². The summed E-state index contributed by atoms with van der Waals surface area (Å²) in [7, 11) is 0. The largest absolute Gasteiger partial charge is 0.399 e. The van der Waals surface area contributed by atoms with Gasteiger partial charge in [0.2, 0.25) is 0 Å². The van der Waals surface area contributed by atoms with Gasteiger partial charge in [0, 0.05) is 23.5 Å². The molecule has 0 fully saturated rings.